The van der Waals surface area contributed by atoms with Crippen LogP contribution in [0.5, 0.6) is 0 Å². The van der Waals surface area contributed by atoms with Gasteiger partial charge in [-0.3, -0.25) is 4.79 Å². The van der Waals surface area contributed by atoms with Gasteiger partial charge in [0.15, 0.2) is 11.7 Å². The highest BCUT2D eigenvalue weighted by atomic mass is 19.1. The van der Waals surface area contributed by atoms with Crippen LogP contribution in [0.1, 0.15) is 12.3 Å². The third-order valence-electron chi connectivity index (χ3n) is 4.06. The number of anilines is 1. The van der Waals surface area contributed by atoms with Crippen molar-refractivity contribution in [2.45, 2.75) is 12.8 Å². The van der Waals surface area contributed by atoms with Crippen molar-refractivity contribution in [1.29, 1.82) is 0 Å². The minimum absolute atomic E-state index is 0.106. The lowest BCUT2D eigenvalue weighted by Crippen LogP contribution is -2.12. The predicted molar refractivity (Wildman–Crippen MR) is 98.0 cm³/mol. The van der Waals surface area contributed by atoms with E-state index >= 15 is 0 Å². The summed E-state index contributed by atoms with van der Waals surface area (Å²) in [4.78, 5) is 16.3. The molecule has 0 aliphatic heterocycles. The zero-order valence-corrected chi connectivity index (χ0v) is 14.9. The van der Waals surface area contributed by atoms with Crippen molar-refractivity contribution in [2.75, 3.05) is 5.32 Å². The Hall–Kier alpha value is -3.95. The van der Waals surface area contributed by atoms with Gasteiger partial charge in [0.1, 0.15) is 18.0 Å². The number of nitrogens with zero attached hydrogens (tertiary/aromatic N) is 5. The Labute approximate surface area is 163 Å². The number of hydrogen-bond donors (Lipinski definition) is 1. The van der Waals surface area contributed by atoms with Crippen molar-refractivity contribution in [3.63, 3.8) is 0 Å². The van der Waals surface area contributed by atoms with Gasteiger partial charge in [-0.1, -0.05) is 6.07 Å². The number of rotatable bonds is 6. The monoisotopic (exact) mass is 396 g/mol. The fourth-order valence-corrected chi connectivity index (χ4v) is 2.69. The van der Waals surface area contributed by atoms with Crippen molar-refractivity contribution < 1.29 is 18.0 Å². The van der Waals surface area contributed by atoms with Gasteiger partial charge >= 0.3 is 0 Å². The Balaban J connectivity index is 1.37. The molecule has 4 rings (SSSR count). The molecule has 0 aliphatic carbocycles. The Morgan fingerprint density at radius 3 is 2.86 bits per heavy atom. The molecule has 4 aromatic rings. The summed E-state index contributed by atoms with van der Waals surface area (Å²) in [7, 11) is 0. The third-order valence-corrected chi connectivity index (χ3v) is 4.06. The molecule has 2 heterocycles. The van der Waals surface area contributed by atoms with Crippen LogP contribution in [-0.2, 0) is 11.2 Å². The van der Waals surface area contributed by atoms with Crippen LogP contribution in [0.15, 0.2) is 59.4 Å². The van der Waals surface area contributed by atoms with Gasteiger partial charge in [0, 0.05) is 24.6 Å². The number of benzene rings is 2. The molecular weight excluding hydrogens is 382 g/mol. The molecule has 0 aliphatic rings. The minimum atomic E-state index is -0.743. The number of hydrogen-bond acceptors (Lipinski definition) is 6. The maximum absolute atomic E-state index is 13.8. The van der Waals surface area contributed by atoms with E-state index in [1.54, 1.807) is 24.3 Å². The molecule has 2 aromatic carbocycles. The highest BCUT2D eigenvalue weighted by Gasteiger charge is 2.13. The summed E-state index contributed by atoms with van der Waals surface area (Å²) in [6.45, 7) is 0. The molecule has 1 amide bonds. The van der Waals surface area contributed by atoms with Gasteiger partial charge in [-0.25, -0.2) is 18.4 Å². The number of carbonyl (C=O) groups excluding carboxylic acids is 1. The van der Waals surface area contributed by atoms with E-state index in [2.05, 4.69) is 25.8 Å². The first-order valence-electron chi connectivity index (χ1n) is 8.62. The first-order chi connectivity index (χ1) is 14.1. The Morgan fingerprint density at radius 1 is 1.17 bits per heavy atom. The minimum Gasteiger partial charge on any atom is -0.441 e. The fourth-order valence-electron chi connectivity index (χ4n) is 2.69. The number of oxazole rings is 1. The average Bonchev–Trinajstić information content (AvgIpc) is 3.39. The Bertz CT molecular complexity index is 1140. The molecule has 0 radical (unpaired) electrons. The number of nitrogens with one attached hydrogen (secondary N) is 1. The van der Waals surface area contributed by atoms with Gasteiger partial charge in [-0.05, 0) is 40.8 Å². The second-order valence-electron chi connectivity index (χ2n) is 6.10. The maximum atomic E-state index is 13.8. The van der Waals surface area contributed by atoms with Crippen molar-refractivity contribution >= 4 is 11.6 Å². The SMILES string of the molecule is O=C(CCc1ncc(-c2ccc(F)cc2F)o1)Nc1cccc(-n2cnnn2)c1. The van der Waals surface area contributed by atoms with Crippen LogP contribution in [0.4, 0.5) is 14.5 Å². The topological polar surface area (TPSA) is 98.7 Å². The smallest absolute Gasteiger partial charge is 0.224 e. The fraction of sp³-hybridized carbons (Fsp3) is 0.105. The number of carbonyl (C=O) groups is 1. The van der Waals surface area contributed by atoms with Gasteiger partial charge in [0.2, 0.25) is 5.91 Å². The van der Waals surface area contributed by atoms with Gasteiger partial charge in [-0.15, -0.1) is 5.10 Å². The lowest BCUT2D eigenvalue weighted by Gasteiger charge is -2.06. The van der Waals surface area contributed by atoms with E-state index in [4.69, 9.17) is 4.42 Å². The summed E-state index contributed by atoms with van der Waals surface area (Å²) < 4.78 is 33.8. The van der Waals surface area contributed by atoms with E-state index in [0.717, 1.165) is 12.1 Å². The Morgan fingerprint density at radius 2 is 2.07 bits per heavy atom. The molecule has 0 bridgehead atoms. The van der Waals surface area contributed by atoms with Crippen LogP contribution in [0.25, 0.3) is 17.0 Å². The molecule has 0 saturated heterocycles. The lowest BCUT2D eigenvalue weighted by atomic mass is 10.2. The lowest BCUT2D eigenvalue weighted by molar-refractivity contribution is -0.116. The van der Waals surface area contributed by atoms with Crippen LogP contribution in [0.2, 0.25) is 0 Å². The summed E-state index contributed by atoms with van der Waals surface area (Å²) in [5.74, 6) is -1.21. The number of aryl methyl sites for hydroxylation is 1. The van der Waals surface area contributed by atoms with E-state index in [1.165, 1.54) is 23.3 Å². The van der Waals surface area contributed by atoms with E-state index in [0.29, 0.717) is 11.4 Å². The first kappa shape index (κ1) is 18.4. The normalized spacial score (nSPS) is 10.8. The molecule has 0 saturated carbocycles. The van der Waals surface area contributed by atoms with Gasteiger partial charge in [0.05, 0.1) is 17.4 Å². The quantitative estimate of drug-likeness (QED) is 0.538. The van der Waals surface area contributed by atoms with Gasteiger partial charge in [0.25, 0.3) is 0 Å². The molecule has 0 atom stereocenters. The predicted octanol–water partition coefficient (Wildman–Crippen LogP) is 3.17. The first-order valence-corrected chi connectivity index (χ1v) is 8.62. The molecule has 29 heavy (non-hydrogen) atoms. The van der Waals surface area contributed by atoms with Gasteiger partial charge in [-0.2, -0.15) is 0 Å². The number of tetrazole rings is 1. The molecule has 0 fully saturated rings. The van der Waals surface area contributed by atoms with Crippen molar-refractivity contribution in [3.8, 4) is 17.0 Å². The largest absolute Gasteiger partial charge is 0.441 e. The summed E-state index contributed by atoms with van der Waals surface area (Å²) in [5.41, 5.74) is 1.39. The highest BCUT2D eigenvalue weighted by Crippen LogP contribution is 2.24. The molecule has 146 valence electrons. The summed E-state index contributed by atoms with van der Waals surface area (Å²) in [5, 5.41) is 13.7. The second kappa shape index (κ2) is 7.97. The molecule has 2 aromatic heterocycles. The number of aromatic nitrogens is 5. The van der Waals surface area contributed by atoms with Crippen LogP contribution >= 0.6 is 0 Å². The Kier molecular flexibility index (Phi) is 5.06. The molecule has 8 nitrogen and oxygen atoms in total. The zero-order valence-electron chi connectivity index (χ0n) is 14.9. The van der Waals surface area contributed by atoms with Crippen LogP contribution in [0.3, 0.4) is 0 Å². The average molecular weight is 396 g/mol. The molecule has 0 spiro atoms. The molecule has 10 heteroatoms. The maximum Gasteiger partial charge on any atom is 0.224 e. The molecular formula is C19H14F2N6O2. The van der Waals surface area contributed by atoms with E-state index < -0.39 is 11.6 Å². The van der Waals surface area contributed by atoms with Crippen LogP contribution < -0.4 is 5.32 Å². The standard InChI is InChI=1S/C19H14F2N6O2/c20-12-4-5-15(16(21)8-12)17-10-22-19(29-17)7-6-18(28)24-13-2-1-3-14(9-13)27-11-23-25-26-27/h1-5,8-11H,6-7H2,(H,24,28). The van der Waals surface area contributed by atoms with E-state index in [9.17, 15) is 13.6 Å². The van der Waals surface area contributed by atoms with Crippen LogP contribution in [-0.4, -0.2) is 31.1 Å². The van der Waals surface area contributed by atoms with Crippen molar-refractivity contribution in [1.82, 2.24) is 25.2 Å². The van der Waals surface area contributed by atoms with E-state index in [1.807, 2.05) is 0 Å². The van der Waals surface area contributed by atoms with Crippen molar-refractivity contribution in [3.05, 3.63) is 72.5 Å². The highest BCUT2D eigenvalue weighted by molar-refractivity contribution is 5.91. The third kappa shape index (κ3) is 4.32. The van der Waals surface area contributed by atoms with Crippen LogP contribution in [0, 0.1) is 11.6 Å². The molecule has 0 unspecified atom stereocenters. The second-order valence-corrected chi connectivity index (χ2v) is 6.10. The van der Waals surface area contributed by atoms with Gasteiger partial charge < -0.3 is 9.73 Å². The number of halogens is 2. The molecule has 1 N–H and O–H groups in total. The number of amides is 1. The zero-order chi connectivity index (χ0) is 20.2. The summed E-state index contributed by atoms with van der Waals surface area (Å²) in [6, 6.07) is 10.2. The summed E-state index contributed by atoms with van der Waals surface area (Å²) in [6.07, 6.45) is 3.13. The summed E-state index contributed by atoms with van der Waals surface area (Å²) >= 11 is 0. The van der Waals surface area contributed by atoms with Crippen molar-refractivity contribution in [2.24, 2.45) is 0 Å². The van der Waals surface area contributed by atoms with E-state index in [-0.39, 0.29) is 36.0 Å².